The molecule has 0 spiro atoms. The number of allylic oxidation sites excluding steroid dienone is 1. The number of halogens is 3. The van der Waals surface area contributed by atoms with Crippen molar-refractivity contribution in [1.82, 2.24) is 25.2 Å². The minimum atomic E-state index is -4.95. The lowest BCUT2D eigenvalue weighted by molar-refractivity contribution is -0.244. The predicted molar refractivity (Wildman–Crippen MR) is 205 cm³/mol. The van der Waals surface area contributed by atoms with Gasteiger partial charge < -0.3 is 39.2 Å². The molecule has 2 aromatic rings. The van der Waals surface area contributed by atoms with Crippen molar-refractivity contribution in [2.45, 2.75) is 126 Å². The van der Waals surface area contributed by atoms with Crippen molar-refractivity contribution < 1.29 is 64.5 Å². The normalized spacial score (nSPS) is 28.5. The first-order valence-electron chi connectivity index (χ1n) is 19.5. The summed E-state index contributed by atoms with van der Waals surface area (Å²) in [6.07, 6.45) is -3.99. The third-order valence-electron chi connectivity index (χ3n) is 11.1. The highest BCUT2D eigenvalue weighted by molar-refractivity contribution is 7.91. The number of nitrogens with zero attached hydrogens (tertiary/aromatic N) is 2. The number of fused-ring (bicyclic) bond motifs is 3. The Hall–Kier alpha value is -4.85. The van der Waals surface area contributed by atoms with E-state index in [0.717, 1.165) is 4.90 Å². The van der Waals surface area contributed by atoms with E-state index < -0.39 is 92.7 Å². The highest BCUT2D eigenvalue weighted by atomic mass is 32.2. The smallest absolute Gasteiger partial charge is 0.427 e. The number of ether oxygens (including phenoxy) is 5. The van der Waals surface area contributed by atoms with Gasteiger partial charge in [0.2, 0.25) is 39.2 Å². The van der Waals surface area contributed by atoms with Gasteiger partial charge in [-0.3, -0.25) is 19.1 Å². The lowest BCUT2D eigenvalue weighted by Crippen LogP contribution is -2.61. The van der Waals surface area contributed by atoms with Crippen LogP contribution in [0.5, 0.6) is 17.5 Å². The van der Waals surface area contributed by atoms with Crippen molar-refractivity contribution in [3.8, 4) is 17.5 Å². The van der Waals surface area contributed by atoms with E-state index in [0.29, 0.717) is 56.1 Å². The van der Waals surface area contributed by atoms with E-state index in [1.54, 1.807) is 50.3 Å². The molecule has 16 nitrogen and oxygen atoms in total. The number of amides is 4. The summed E-state index contributed by atoms with van der Waals surface area (Å²) in [5.41, 5.74) is -4.61. The Morgan fingerprint density at radius 1 is 1.10 bits per heavy atom. The zero-order valence-electron chi connectivity index (χ0n) is 33.6. The fraction of sp³-hybridized carbons (Fsp3) is 0.615. The van der Waals surface area contributed by atoms with Crippen molar-refractivity contribution in [3.63, 3.8) is 0 Å². The maximum Gasteiger partial charge on any atom is 0.427 e. The van der Waals surface area contributed by atoms with Crippen molar-refractivity contribution in [2.75, 3.05) is 20.8 Å². The SMILES string of the molecule is CC[C@@H]1O[C@H](C)CC/C=C\[C@@H]2C[C@@]2(C(=O)NS(=O)(=O)C2CC2)NC(=O)[C@@H]2C[C@@H](Oc3nc(OC)cc4cc(OC)ccc34)CN2C(=O)[C@H]1NC(=O)OC(C)(C)C(F)(F)F. The maximum absolute atomic E-state index is 14.8. The topological polar surface area (TPSA) is 201 Å². The molecule has 1 saturated heterocycles. The van der Waals surface area contributed by atoms with Crippen LogP contribution >= 0.6 is 0 Å². The molecule has 4 aliphatic rings. The Morgan fingerprint density at radius 2 is 1.83 bits per heavy atom. The molecule has 1 aromatic carbocycles. The van der Waals surface area contributed by atoms with Crippen LogP contribution in [-0.4, -0.2) is 116 Å². The first-order valence-corrected chi connectivity index (χ1v) is 21.0. The molecule has 6 rings (SSSR count). The summed E-state index contributed by atoms with van der Waals surface area (Å²) >= 11 is 0. The predicted octanol–water partition coefficient (Wildman–Crippen LogP) is 4.05. The van der Waals surface area contributed by atoms with E-state index in [4.69, 9.17) is 23.7 Å². The molecule has 3 heterocycles. The van der Waals surface area contributed by atoms with Gasteiger partial charge in [0.05, 0.1) is 38.2 Å². The van der Waals surface area contributed by atoms with Gasteiger partial charge in [0.15, 0.2) is 0 Å². The molecule has 1 aromatic heterocycles. The Labute approximate surface area is 339 Å². The molecule has 2 aliphatic carbocycles. The quantitative estimate of drug-likeness (QED) is 0.290. The van der Waals surface area contributed by atoms with E-state index in [1.165, 1.54) is 14.2 Å². The molecule has 0 bridgehead atoms. The van der Waals surface area contributed by atoms with Crippen LogP contribution in [0.4, 0.5) is 18.0 Å². The fourth-order valence-electron chi connectivity index (χ4n) is 7.31. The average molecular weight is 854 g/mol. The van der Waals surface area contributed by atoms with Gasteiger partial charge >= 0.3 is 12.3 Å². The van der Waals surface area contributed by atoms with E-state index in [1.807, 2.05) is 0 Å². The molecule has 2 aliphatic heterocycles. The minimum Gasteiger partial charge on any atom is -0.497 e. The van der Waals surface area contributed by atoms with E-state index in [-0.39, 0.29) is 37.6 Å². The number of sulfonamides is 1. The molecule has 20 heteroatoms. The third-order valence-corrected chi connectivity index (χ3v) is 13.0. The van der Waals surface area contributed by atoms with Crippen LogP contribution in [0.2, 0.25) is 0 Å². The number of aromatic nitrogens is 1. The zero-order valence-corrected chi connectivity index (χ0v) is 34.4. The Bertz CT molecular complexity index is 2090. The summed E-state index contributed by atoms with van der Waals surface area (Å²) in [6, 6.07) is 3.74. The maximum atomic E-state index is 14.8. The first-order chi connectivity index (χ1) is 27.7. The third kappa shape index (κ3) is 9.47. The van der Waals surface area contributed by atoms with Crippen molar-refractivity contribution >= 4 is 44.6 Å². The molecule has 3 N–H and O–H groups in total. The molecule has 2 saturated carbocycles. The highest BCUT2D eigenvalue weighted by Crippen LogP contribution is 2.46. The van der Waals surface area contributed by atoms with Crippen molar-refractivity contribution in [3.05, 3.63) is 36.4 Å². The highest BCUT2D eigenvalue weighted by Gasteiger charge is 2.62. The number of pyridine rings is 1. The van der Waals surface area contributed by atoms with E-state index >= 15 is 0 Å². The average Bonchev–Trinajstić information content (AvgIpc) is 4.10. The molecular weight excluding hydrogens is 804 g/mol. The summed E-state index contributed by atoms with van der Waals surface area (Å²) in [5, 5.41) is 5.51. The zero-order chi connectivity index (χ0) is 43.1. The molecule has 7 atom stereocenters. The summed E-state index contributed by atoms with van der Waals surface area (Å²) in [6.45, 7) is 4.43. The number of hydrogen-bond acceptors (Lipinski definition) is 12. The fourth-order valence-corrected chi connectivity index (χ4v) is 8.67. The summed E-state index contributed by atoms with van der Waals surface area (Å²) in [4.78, 5) is 62.0. The van der Waals surface area contributed by atoms with Crippen molar-refractivity contribution in [2.24, 2.45) is 5.92 Å². The molecule has 0 unspecified atom stereocenters. The molecule has 0 radical (unpaired) electrons. The Kier molecular flexibility index (Phi) is 12.3. The molecule has 324 valence electrons. The number of carbonyl (C=O) groups excluding carboxylic acids is 4. The number of alkyl carbamates (subject to hydrolysis) is 1. The van der Waals surface area contributed by atoms with Gasteiger partial charge in [-0.2, -0.15) is 18.2 Å². The number of alkyl halides is 3. The van der Waals surface area contributed by atoms with Gasteiger partial charge in [-0.1, -0.05) is 19.1 Å². The number of rotatable bonds is 10. The molecule has 4 amide bonds. The van der Waals surface area contributed by atoms with Crippen LogP contribution in [0.25, 0.3) is 10.8 Å². The molecule has 59 heavy (non-hydrogen) atoms. The number of carbonyl (C=O) groups is 4. The number of benzene rings is 1. The van der Waals surface area contributed by atoms with Gasteiger partial charge in [-0.25, -0.2) is 13.2 Å². The number of hydrogen-bond donors (Lipinski definition) is 3. The van der Waals surface area contributed by atoms with Crippen LogP contribution < -0.4 is 29.6 Å². The lowest BCUT2D eigenvalue weighted by atomic mass is 10.0. The van der Waals surface area contributed by atoms with Gasteiger partial charge in [-0.15, -0.1) is 0 Å². The largest absolute Gasteiger partial charge is 0.497 e. The van der Waals surface area contributed by atoms with Crippen LogP contribution in [0.1, 0.15) is 72.6 Å². The Balaban J connectivity index is 1.38. The van der Waals surface area contributed by atoms with E-state index in [9.17, 15) is 40.8 Å². The number of methoxy groups -OCH3 is 2. The van der Waals surface area contributed by atoms with Crippen LogP contribution in [0.3, 0.4) is 0 Å². The second kappa shape index (κ2) is 16.7. The lowest BCUT2D eigenvalue weighted by Gasteiger charge is -2.35. The standard InChI is InChI=1S/C39H50F3N5O11S/c1-7-29-31(44-36(51)58-37(3,4)39(40,41)42)34(49)47-20-25(57-33-27-15-12-24(54-5)16-22(27)17-30(43-33)55-6)18-28(47)32(48)45-38(35(50)46-59(52,53)26-13-14-26)19-23(38)11-9-8-10-21(2)56-29/h9,11-12,15-17,21,23,25-26,28-29,31H,7-8,10,13-14,18-20H2,1-6H3,(H,44,51)(H,45,48)(H,46,50)/b11-9-/t21-,23-,25-,28+,29+,31+,38-/m1/s1. The van der Waals surface area contributed by atoms with Gasteiger partial charge in [0, 0.05) is 23.8 Å². The summed E-state index contributed by atoms with van der Waals surface area (Å²) in [7, 11) is -1.09. The monoisotopic (exact) mass is 853 g/mol. The first kappa shape index (κ1) is 43.7. The minimum absolute atomic E-state index is 0.0695. The van der Waals surface area contributed by atoms with Crippen LogP contribution in [0.15, 0.2) is 36.4 Å². The van der Waals surface area contributed by atoms with E-state index in [2.05, 4.69) is 20.3 Å². The second-order valence-corrected chi connectivity index (χ2v) is 17.9. The second-order valence-electron chi connectivity index (χ2n) is 15.9. The van der Waals surface area contributed by atoms with Gasteiger partial charge in [-0.05, 0) is 82.9 Å². The molecular formula is C39H50F3N5O11S. The Morgan fingerprint density at radius 3 is 2.47 bits per heavy atom. The van der Waals surface area contributed by atoms with Gasteiger partial charge in [0.25, 0.3) is 5.91 Å². The van der Waals surface area contributed by atoms with Crippen LogP contribution in [0, 0.1) is 5.92 Å². The van der Waals surface area contributed by atoms with Crippen molar-refractivity contribution in [1.29, 1.82) is 0 Å². The molecule has 3 fully saturated rings. The summed E-state index contributed by atoms with van der Waals surface area (Å²) < 4.78 is 97.5. The van der Waals surface area contributed by atoms with Crippen LogP contribution in [-0.2, 0) is 33.9 Å². The number of nitrogens with one attached hydrogen (secondary N) is 3. The summed E-state index contributed by atoms with van der Waals surface area (Å²) in [5.74, 6) is -2.42. The van der Waals surface area contributed by atoms with Gasteiger partial charge in [0.1, 0.15) is 29.5 Å².